The highest BCUT2D eigenvalue weighted by molar-refractivity contribution is 6.02. The van der Waals surface area contributed by atoms with Crippen LogP contribution in [0, 0.1) is 57.7 Å². The SMILES string of the molecule is CC(C)C1=C2C3CCC4C(C)(CCC5C(C)(C)C(OC(=O)C6CCCC(C(=O)O)C6)CCC54C)C3CCC2(NC(=O)OC(C)(C)C)CC1=O. The lowest BCUT2D eigenvalue weighted by Gasteiger charge is -2.68. The van der Waals surface area contributed by atoms with Crippen molar-refractivity contribution in [3.05, 3.63) is 11.1 Å². The Morgan fingerprint density at radius 2 is 1.53 bits per heavy atom. The molecule has 6 aliphatic carbocycles. The molecule has 0 spiro atoms. The van der Waals surface area contributed by atoms with Gasteiger partial charge in [-0.15, -0.1) is 0 Å². The summed E-state index contributed by atoms with van der Waals surface area (Å²) in [4.78, 5) is 52.1. The summed E-state index contributed by atoms with van der Waals surface area (Å²) in [5.74, 6) is 0.170. The van der Waals surface area contributed by atoms with Gasteiger partial charge in [-0.05, 0) is 143 Å². The molecule has 274 valence electrons. The molecular formula is C41H63NO7. The van der Waals surface area contributed by atoms with E-state index in [1.165, 1.54) is 5.57 Å². The van der Waals surface area contributed by atoms with Crippen molar-refractivity contribution >= 4 is 23.8 Å². The fourth-order valence-electron chi connectivity index (χ4n) is 13.0. The van der Waals surface area contributed by atoms with Crippen LogP contribution in [0.4, 0.5) is 4.79 Å². The van der Waals surface area contributed by atoms with Gasteiger partial charge < -0.3 is 19.9 Å². The van der Waals surface area contributed by atoms with E-state index in [1.54, 1.807) is 0 Å². The third kappa shape index (κ3) is 6.07. The second-order valence-corrected chi connectivity index (χ2v) is 19.5. The molecule has 8 nitrogen and oxygen atoms in total. The number of ketones is 1. The number of amides is 1. The van der Waals surface area contributed by atoms with E-state index in [0.717, 1.165) is 69.8 Å². The normalized spacial score (nSPS) is 41.6. The van der Waals surface area contributed by atoms with Crippen molar-refractivity contribution in [2.45, 2.75) is 163 Å². The average molecular weight is 682 g/mol. The van der Waals surface area contributed by atoms with Crippen molar-refractivity contribution in [1.29, 1.82) is 0 Å². The van der Waals surface area contributed by atoms with Crippen molar-refractivity contribution in [2.24, 2.45) is 57.7 Å². The second kappa shape index (κ2) is 12.4. The molecule has 0 bridgehead atoms. The van der Waals surface area contributed by atoms with E-state index in [2.05, 4.69) is 46.9 Å². The maximum atomic E-state index is 13.7. The number of carboxylic acid groups (broad SMARTS) is 1. The number of nitrogens with one attached hydrogen (secondary N) is 1. The number of hydrogen-bond donors (Lipinski definition) is 2. The Bertz CT molecular complexity index is 1410. The summed E-state index contributed by atoms with van der Waals surface area (Å²) < 4.78 is 12.1. The molecule has 10 atom stereocenters. The lowest BCUT2D eigenvalue weighted by molar-refractivity contribution is -0.214. The largest absolute Gasteiger partial charge is 0.481 e. The van der Waals surface area contributed by atoms with Crippen LogP contribution in [0.25, 0.3) is 0 Å². The molecule has 5 saturated carbocycles. The minimum absolute atomic E-state index is 0.102. The highest BCUT2D eigenvalue weighted by Crippen LogP contribution is 2.72. The first-order chi connectivity index (χ1) is 22.7. The van der Waals surface area contributed by atoms with Crippen LogP contribution in [-0.2, 0) is 23.9 Å². The first-order valence-corrected chi connectivity index (χ1v) is 19.5. The fraction of sp³-hybridized carbons (Fsp3) is 0.854. The van der Waals surface area contributed by atoms with Crippen molar-refractivity contribution in [3.8, 4) is 0 Å². The van der Waals surface area contributed by atoms with Gasteiger partial charge in [0.15, 0.2) is 5.78 Å². The fourth-order valence-corrected chi connectivity index (χ4v) is 13.0. The van der Waals surface area contributed by atoms with E-state index in [-0.39, 0.29) is 51.9 Å². The van der Waals surface area contributed by atoms with Crippen molar-refractivity contribution in [3.63, 3.8) is 0 Å². The number of aliphatic carboxylic acids is 1. The van der Waals surface area contributed by atoms with Crippen LogP contribution >= 0.6 is 0 Å². The van der Waals surface area contributed by atoms with E-state index in [1.807, 2.05) is 20.8 Å². The molecular weight excluding hydrogens is 618 g/mol. The second-order valence-electron chi connectivity index (χ2n) is 19.5. The Morgan fingerprint density at radius 1 is 0.857 bits per heavy atom. The smallest absolute Gasteiger partial charge is 0.408 e. The summed E-state index contributed by atoms with van der Waals surface area (Å²) in [5, 5.41) is 12.9. The summed E-state index contributed by atoms with van der Waals surface area (Å²) in [6.45, 7) is 19.6. The monoisotopic (exact) mass is 681 g/mol. The van der Waals surface area contributed by atoms with Gasteiger partial charge >= 0.3 is 18.0 Å². The molecule has 2 N–H and O–H groups in total. The zero-order chi connectivity index (χ0) is 35.9. The highest BCUT2D eigenvalue weighted by atomic mass is 16.6. The Labute approximate surface area is 294 Å². The first kappa shape index (κ1) is 36.4. The number of fused-ring (bicyclic) bond motifs is 7. The first-order valence-electron chi connectivity index (χ1n) is 19.5. The van der Waals surface area contributed by atoms with E-state index in [4.69, 9.17) is 9.47 Å². The number of allylic oxidation sites excluding steroid dienone is 1. The van der Waals surface area contributed by atoms with E-state index >= 15 is 0 Å². The number of ether oxygens (including phenoxy) is 2. The third-order valence-electron chi connectivity index (χ3n) is 14.9. The minimum atomic E-state index is -0.801. The van der Waals surface area contributed by atoms with Gasteiger partial charge in [-0.1, -0.05) is 48.0 Å². The van der Waals surface area contributed by atoms with Gasteiger partial charge in [0.25, 0.3) is 0 Å². The lowest BCUT2D eigenvalue weighted by atomic mass is 9.37. The predicted molar refractivity (Wildman–Crippen MR) is 187 cm³/mol. The van der Waals surface area contributed by atoms with Gasteiger partial charge in [-0.3, -0.25) is 14.4 Å². The van der Waals surface area contributed by atoms with Crippen LogP contribution in [0.5, 0.6) is 0 Å². The van der Waals surface area contributed by atoms with Gasteiger partial charge in [-0.2, -0.15) is 0 Å². The molecule has 10 unspecified atom stereocenters. The maximum Gasteiger partial charge on any atom is 0.408 e. The molecule has 49 heavy (non-hydrogen) atoms. The number of carbonyl (C=O) groups excluding carboxylic acids is 3. The predicted octanol–water partition coefficient (Wildman–Crippen LogP) is 8.66. The van der Waals surface area contributed by atoms with Crippen LogP contribution in [0.1, 0.15) is 146 Å². The zero-order valence-electron chi connectivity index (χ0n) is 31.7. The number of esters is 1. The molecule has 0 heterocycles. The molecule has 1 amide bonds. The number of carbonyl (C=O) groups is 4. The zero-order valence-corrected chi connectivity index (χ0v) is 31.7. The van der Waals surface area contributed by atoms with Gasteiger partial charge in [0.05, 0.1) is 17.4 Å². The Hall–Kier alpha value is -2.38. The Balaban J connectivity index is 1.24. The van der Waals surface area contributed by atoms with Crippen molar-refractivity contribution in [2.75, 3.05) is 0 Å². The maximum absolute atomic E-state index is 13.7. The third-order valence-corrected chi connectivity index (χ3v) is 14.9. The molecule has 8 heteroatoms. The van der Waals surface area contributed by atoms with Crippen LogP contribution in [-0.4, -0.2) is 46.2 Å². The number of rotatable bonds is 5. The highest BCUT2D eigenvalue weighted by Gasteiger charge is 2.67. The number of carboxylic acids is 1. The van der Waals surface area contributed by atoms with Gasteiger partial charge in [-0.25, -0.2) is 4.79 Å². The molecule has 0 radical (unpaired) electrons. The molecule has 0 aromatic heterocycles. The molecule has 0 aromatic carbocycles. The van der Waals surface area contributed by atoms with Crippen molar-refractivity contribution in [1.82, 2.24) is 5.32 Å². The molecule has 0 saturated heterocycles. The topological polar surface area (TPSA) is 119 Å². The van der Waals surface area contributed by atoms with E-state index < -0.39 is 29.1 Å². The van der Waals surface area contributed by atoms with Gasteiger partial charge in [0, 0.05) is 11.8 Å². The summed E-state index contributed by atoms with van der Waals surface area (Å²) in [5.41, 5.74) is 0.918. The molecule has 5 fully saturated rings. The summed E-state index contributed by atoms with van der Waals surface area (Å²) in [6, 6.07) is 0. The molecule has 6 rings (SSSR count). The van der Waals surface area contributed by atoms with Gasteiger partial charge in [0.2, 0.25) is 0 Å². The minimum Gasteiger partial charge on any atom is -0.481 e. The van der Waals surface area contributed by atoms with Crippen molar-refractivity contribution < 1.29 is 33.8 Å². The molecule has 0 aliphatic heterocycles. The number of alkyl carbamates (subject to hydrolysis) is 1. The summed E-state index contributed by atoms with van der Waals surface area (Å²) in [7, 11) is 0. The van der Waals surface area contributed by atoms with Crippen LogP contribution in [0.15, 0.2) is 11.1 Å². The standard InChI is InChI=1S/C41H63NO7/c1-23(2)32-28(43)22-41(42-36(47)49-37(3,4)5)20-15-27-26(33(32)41)13-14-30-39(27,8)18-16-29-38(6,7)31(17-19-40(29,30)9)48-35(46)25-12-10-11-24(21-25)34(44)45/h23-27,29-31H,10-22H2,1-9H3,(H,42,47)(H,44,45). The van der Waals surface area contributed by atoms with Crippen LogP contribution < -0.4 is 5.32 Å². The lowest BCUT2D eigenvalue weighted by Crippen LogP contribution is -2.64. The number of hydrogen-bond acceptors (Lipinski definition) is 6. The van der Waals surface area contributed by atoms with E-state index in [0.29, 0.717) is 37.0 Å². The Morgan fingerprint density at radius 3 is 2.18 bits per heavy atom. The van der Waals surface area contributed by atoms with Crippen LogP contribution in [0.3, 0.4) is 0 Å². The Kier molecular flexibility index (Phi) is 9.21. The van der Waals surface area contributed by atoms with Gasteiger partial charge in [0.1, 0.15) is 11.7 Å². The summed E-state index contributed by atoms with van der Waals surface area (Å²) in [6.07, 6.45) is 10.2. The summed E-state index contributed by atoms with van der Waals surface area (Å²) >= 11 is 0. The molecule has 6 aliphatic rings. The van der Waals surface area contributed by atoms with Crippen LogP contribution in [0.2, 0.25) is 0 Å². The number of Topliss-reactive ketones (excluding diaryl/α,β-unsaturated/α-hetero) is 1. The van der Waals surface area contributed by atoms with E-state index in [9.17, 15) is 24.3 Å². The quantitative estimate of drug-likeness (QED) is 0.279. The molecule has 0 aromatic rings. The average Bonchev–Trinajstić information content (AvgIpc) is 3.29.